The molecule has 2 aliphatic rings. The molecule has 0 bridgehead atoms. The highest BCUT2D eigenvalue weighted by Gasteiger charge is 2.37. The fourth-order valence-corrected chi connectivity index (χ4v) is 3.88. The van der Waals surface area contributed by atoms with E-state index in [-0.39, 0.29) is 5.41 Å². The minimum atomic E-state index is 0.269. The van der Waals surface area contributed by atoms with Crippen molar-refractivity contribution in [2.75, 3.05) is 24.6 Å². The average Bonchev–Trinajstić information content (AvgIpc) is 2.67. The first kappa shape index (κ1) is 14.7. The Balaban J connectivity index is 1.78. The molecule has 3 rings (SSSR count). The Morgan fingerprint density at radius 2 is 2.10 bits per heavy atom. The molecule has 1 aliphatic heterocycles. The minimum absolute atomic E-state index is 0.269. The van der Waals surface area contributed by atoms with Crippen LogP contribution < -0.4 is 15.4 Å². The van der Waals surface area contributed by atoms with Crippen molar-refractivity contribution in [2.45, 2.75) is 45.6 Å². The monoisotopic (exact) mass is 288 g/mol. The molecule has 0 aromatic heterocycles. The molecule has 0 saturated heterocycles. The minimum Gasteiger partial charge on any atom is -0.491 e. The summed E-state index contributed by atoms with van der Waals surface area (Å²) in [5, 5.41) is 0. The van der Waals surface area contributed by atoms with Crippen LogP contribution in [0, 0.1) is 11.3 Å². The van der Waals surface area contributed by atoms with Crippen molar-refractivity contribution in [3.63, 3.8) is 0 Å². The summed E-state index contributed by atoms with van der Waals surface area (Å²) in [6.45, 7) is 7.59. The summed E-state index contributed by atoms with van der Waals surface area (Å²) in [5.74, 6) is 1.61. The molecule has 1 aromatic carbocycles. The second-order valence-electron chi connectivity index (χ2n) is 7.28. The molecule has 0 radical (unpaired) electrons. The second kappa shape index (κ2) is 5.88. The standard InChI is InChI=1S/C18H28N2O/c1-18(2)10-5-7-14(17(18)19)13-20-11-6-12-21-16-9-4-3-8-15(16)20/h3-4,8-9,14,17H,5-7,10-13,19H2,1-2H3. The molecule has 3 heteroatoms. The van der Waals surface area contributed by atoms with Gasteiger partial charge in [-0.3, -0.25) is 0 Å². The maximum absolute atomic E-state index is 6.58. The third-order valence-electron chi connectivity index (χ3n) is 5.30. The van der Waals surface area contributed by atoms with Gasteiger partial charge in [-0.05, 0) is 42.7 Å². The van der Waals surface area contributed by atoms with E-state index in [1.54, 1.807) is 0 Å². The van der Waals surface area contributed by atoms with Gasteiger partial charge in [0.2, 0.25) is 0 Å². The van der Waals surface area contributed by atoms with Gasteiger partial charge in [0.15, 0.2) is 0 Å². The summed E-state index contributed by atoms with van der Waals surface area (Å²) in [6.07, 6.45) is 4.89. The van der Waals surface area contributed by atoms with Crippen molar-refractivity contribution in [1.29, 1.82) is 0 Å². The van der Waals surface area contributed by atoms with E-state index in [1.807, 2.05) is 0 Å². The third kappa shape index (κ3) is 3.03. The van der Waals surface area contributed by atoms with Crippen LogP contribution in [0.1, 0.15) is 39.5 Å². The zero-order valence-electron chi connectivity index (χ0n) is 13.3. The molecule has 1 saturated carbocycles. The number of rotatable bonds is 2. The van der Waals surface area contributed by atoms with Gasteiger partial charge in [-0.25, -0.2) is 0 Å². The summed E-state index contributed by atoms with van der Waals surface area (Å²) in [6, 6.07) is 8.71. The SMILES string of the molecule is CC1(C)CCCC(CN2CCCOc3ccccc32)C1N. The van der Waals surface area contributed by atoms with Crippen LogP contribution in [0.25, 0.3) is 0 Å². The summed E-state index contributed by atoms with van der Waals surface area (Å²) < 4.78 is 5.86. The van der Waals surface area contributed by atoms with Gasteiger partial charge >= 0.3 is 0 Å². The second-order valence-corrected chi connectivity index (χ2v) is 7.28. The van der Waals surface area contributed by atoms with Gasteiger partial charge in [-0.2, -0.15) is 0 Å². The summed E-state index contributed by atoms with van der Waals surface area (Å²) in [5.41, 5.74) is 8.08. The molecule has 1 heterocycles. The van der Waals surface area contributed by atoms with E-state index in [0.717, 1.165) is 31.9 Å². The van der Waals surface area contributed by atoms with Gasteiger partial charge in [-0.1, -0.05) is 32.4 Å². The van der Waals surface area contributed by atoms with Crippen molar-refractivity contribution in [3.8, 4) is 5.75 Å². The van der Waals surface area contributed by atoms with Crippen LogP contribution in [-0.4, -0.2) is 25.7 Å². The Hall–Kier alpha value is -1.22. The lowest BCUT2D eigenvalue weighted by Gasteiger charge is -2.43. The van der Waals surface area contributed by atoms with Gasteiger partial charge < -0.3 is 15.4 Å². The zero-order chi connectivity index (χ0) is 14.9. The van der Waals surface area contributed by atoms with E-state index in [1.165, 1.54) is 24.9 Å². The van der Waals surface area contributed by atoms with Crippen LogP contribution in [-0.2, 0) is 0 Å². The fourth-order valence-electron chi connectivity index (χ4n) is 3.88. The van der Waals surface area contributed by atoms with E-state index in [0.29, 0.717) is 12.0 Å². The predicted molar refractivity (Wildman–Crippen MR) is 87.9 cm³/mol. The highest BCUT2D eigenvalue weighted by atomic mass is 16.5. The highest BCUT2D eigenvalue weighted by Crippen LogP contribution is 2.39. The number of fused-ring (bicyclic) bond motifs is 1. The lowest BCUT2D eigenvalue weighted by atomic mass is 9.68. The average molecular weight is 288 g/mol. The normalized spacial score (nSPS) is 28.4. The van der Waals surface area contributed by atoms with Gasteiger partial charge in [-0.15, -0.1) is 0 Å². The van der Waals surface area contributed by atoms with Crippen LogP contribution >= 0.6 is 0 Å². The Kier molecular flexibility index (Phi) is 4.12. The van der Waals surface area contributed by atoms with Gasteiger partial charge in [0.25, 0.3) is 0 Å². The van der Waals surface area contributed by atoms with Crippen LogP contribution in [0.15, 0.2) is 24.3 Å². The molecule has 0 spiro atoms. The van der Waals surface area contributed by atoms with Crippen LogP contribution in [0.3, 0.4) is 0 Å². The van der Waals surface area contributed by atoms with Crippen LogP contribution in [0.2, 0.25) is 0 Å². The number of ether oxygens (including phenoxy) is 1. The largest absolute Gasteiger partial charge is 0.491 e. The summed E-state index contributed by atoms with van der Waals surface area (Å²) >= 11 is 0. The zero-order valence-corrected chi connectivity index (χ0v) is 13.3. The van der Waals surface area contributed by atoms with E-state index in [4.69, 9.17) is 10.5 Å². The molecular formula is C18H28N2O. The molecule has 2 atom stereocenters. The van der Waals surface area contributed by atoms with Crippen LogP contribution in [0.4, 0.5) is 5.69 Å². The number of nitrogens with zero attached hydrogens (tertiary/aromatic N) is 1. The Bertz CT molecular complexity index is 486. The Morgan fingerprint density at radius 3 is 2.95 bits per heavy atom. The van der Waals surface area contributed by atoms with Crippen molar-refractivity contribution in [3.05, 3.63) is 24.3 Å². The number of nitrogens with two attached hydrogens (primary N) is 1. The first-order chi connectivity index (χ1) is 10.1. The lowest BCUT2D eigenvalue weighted by Crippen LogP contribution is -2.50. The number of anilines is 1. The van der Waals surface area contributed by atoms with E-state index in [9.17, 15) is 0 Å². The van der Waals surface area contributed by atoms with Crippen molar-refractivity contribution < 1.29 is 4.74 Å². The maximum Gasteiger partial charge on any atom is 0.142 e. The highest BCUT2D eigenvalue weighted by molar-refractivity contribution is 5.59. The smallest absolute Gasteiger partial charge is 0.142 e. The molecule has 21 heavy (non-hydrogen) atoms. The molecule has 0 amide bonds. The lowest BCUT2D eigenvalue weighted by molar-refractivity contribution is 0.141. The van der Waals surface area contributed by atoms with Crippen molar-refractivity contribution >= 4 is 5.69 Å². The number of para-hydroxylation sites is 2. The Morgan fingerprint density at radius 1 is 1.29 bits per heavy atom. The predicted octanol–water partition coefficient (Wildman–Crippen LogP) is 3.43. The quantitative estimate of drug-likeness (QED) is 0.906. The van der Waals surface area contributed by atoms with E-state index >= 15 is 0 Å². The summed E-state index contributed by atoms with van der Waals surface area (Å²) in [7, 11) is 0. The van der Waals surface area contributed by atoms with E-state index < -0.39 is 0 Å². The van der Waals surface area contributed by atoms with Crippen molar-refractivity contribution in [1.82, 2.24) is 0 Å². The fraction of sp³-hybridized carbons (Fsp3) is 0.667. The molecule has 1 fully saturated rings. The number of benzene rings is 1. The molecular weight excluding hydrogens is 260 g/mol. The molecule has 2 unspecified atom stereocenters. The first-order valence-corrected chi connectivity index (χ1v) is 8.30. The topological polar surface area (TPSA) is 38.5 Å². The summed E-state index contributed by atoms with van der Waals surface area (Å²) in [4.78, 5) is 2.49. The number of hydrogen-bond acceptors (Lipinski definition) is 3. The molecule has 1 aromatic rings. The first-order valence-electron chi connectivity index (χ1n) is 8.30. The van der Waals surface area contributed by atoms with Crippen LogP contribution in [0.5, 0.6) is 5.75 Å². The van der Waals surface area contributed by atoms with Crippen molar-refractivity contribution in [2.24, 2.45) is 17.1 Å². The van der Waals surface area contributed by atoms with Gasteiger partial charge in [0.1, 0.15) is 5.75 Å². The Labute approximate surface area is 128 Å². The van der Waals surface area contributed by atoms with E-state index in [2.05, 4.69) is 43.0 Å². The number of hydrogen-bond donors (Lipinski definition) is 1. The molecule has 1 aliphatic carbocycles. The molecule has 116 valence electrons. The van der Waals surface area contributed by atoms with Gasteiger partial charge in [0.05, 0.1) is 12.3 Å². The molecule has 2 N–H and O–H groups in total. The molecule has 3 nitrogen and oxygen atoms in total. The third-order valence-corrected chi connectivity index (χ3v) is 5.30. The maximum atomic E-state index is 6.58. The van der Waals surface area contributed by atoms with Gasteiger partial charge in [0, 0.05) is 19.1 Å².